The summed E-state index contributed by atoms with van der Waals surface area (Å²) in [6, 6.07) is 5.20. The van der Waals surface area contributed by atoms with E-state index in [2.05, 4.69) is 27.5 Å². The molecule has 19 atom stereocenters. The number of nitrogens with two attached hydrogens (primary N) is 1. The van der Waals surface area contributed by atoms with Crippen molar-refractivity contribution >= 4 is 11.9 Å². The number of amides is 1. The molecule has 0 spiro atoms. The molecule has 0 saturated carbocycles. The van der Waals surface area contributed by atoms with Crippen molar-refractivity contribution in [3.05, 3.63) is 47.3 Å². The Bertz CT molecular complexity index is 2070. The molecule has 19 nitrogen and oxygen atoms in total. The van der Waals surface area contributed by atoms with E-state index in [9.17, 15) is 34.4 Å². The molecule has 7 N–H and O–H groups in total. The number of halogens is 1. The second kappa shape index (κ2) is 26.4. The molecule has 2 aromatic rings. The Morgan fingerprint density at radius 3 is 2.31 bits per heavy atom. The van der Waals surface area contributed by atoms with Gasteiger partial charge in [0, 0.05) is 82.8 Å². The molecule has 74 heavy (non-hydrogen) atoms. The number of nitrogens with zero attached hydrogens (tertiary/aromatic N) is 5. The molecular weight excluding hydrogens is 958 g/mol. The van der Waals surface area contributed by atoms with E-state index < -0.39 is 108 Å². The first-order valence-electron chi connectivity index (χ1n) is 26.7. The quantitative estimate of drug-likeness (QED) is 0.0953. The van der Waals surface area contributed by atoms with Crippen LogP contribution in [0.15, 0.2) is 30.5 Å². The van der Waals surface area contributed by atoms with E-state index >= 15 is 0 Å². The van der Waals surface area contributed by atoms with Crippen LogP contribution in [0, 0.1) is 23.7 Å². The van der Waals surface area contributed by atoms with Gasteiger partial charge in [0.1, 0.15) is 42.9 Å². The van der Waals surface area contributed by atoms with E-state index in [4.69, 9.17) is 34.2 Å². The Balaban J connectivity index is 1.39. The van der Waals surface area contributed by atoms with E-state index in [-0.39, 0.29) is 37.1 Å². The van der Waals surface area contributed by atoms with Gasteiger partial charge in [0.25, 0.3) is 5.91 Å². The molecule has 1 aromatic heterocycles. The molecule has 3 saturated heterocycles. The molecule has 0 bridgehead atoms. The average Bonchev–Trinajstić information content (AvgIpc) is 3.81. The number of benzene rings is 1. The molecular formula is C54H92FN7O12. The fraction of sp³-hybridized carbons (Fsp3) is 0.815. The summed E-state index contributed by atoms with van der Waals surface area (Å²) in [7, 11) is 7.09. The third-order valence-electron chi connectivity index (χ3n) is 16.4. The molecule has 1 aromatic carbocycles. The predicted octanol–water partition coefficient (Wildman–Crippen LogP) is 4.34. The summed E-state index contributed by atoms with van der Waals surface area (Å²) in [5, 5.41) is 57.2. The van der Waals surface area contributed by atoms with Crippen LogP contribution < -0.4 is 11.1 Å². The van der Waals surface area contributed by atoms with Gasteiger partial charge < -0.3 is 69.7 Å². The zero-order chi connectivity index (χ0) is 55.0. The van der Waals surface area contributed by atoms with Gasteiger partial charge in [0.05, 0.1) is 53.8 Å². The van der Waals surface area contributed by atoms with Crippen LogP contribution in [-0.4, -0.2) is 190 Å². The molecule has 1 amide bonds. The Hall–Kier alpha value is -3.25. The van der Waals surface area contributed by atoms with Crippen molar-refractivity contribution in [2.24, 2.45) is 29.4 Å². The van der Waals surface area contributed by atoms with Crippen LogP contribution in [0.3, 0.4) is 0 Å². The van der Waals surface area contributed by atoms with Gasteiger partial charge in [-0.25, -0.2) is 9.07 Å². The molecule has 3 aliphatic rings. The summed E-state index contributed by atoms with van der Waals surface area (Å²) in [4.78, 5) is 31.3. The molecule has 4 heterocycles. The van der Waals surface area contributed by atoms with Crippen molar-refractivity contribution in [3.63, 3.8) is 0 Å². The minimum absolute atomic E-state index is 0.00269. The molecule has 20 heteroatoms. The fourth-order valence-corrected chi connectivity index (χ4v) is 12.2. The Morgan fingerprint density at radius 1 is 1.03 bits per heavy atom. The molecule has 0 aliphatic carbocycles. The number of hydrogen-bond donors (Lipinski definition) is 6. The van der Waals surface area contributed by atoms with Gasteiger partial charge in [-0.05, 0) is 104 Å². The monoisotopic (exact) mass is 1050 g/mol. The highest BCUT2D eigenvalue weighted by atomic mass is 19.1. The standard InChI is InChI=1S/C54H92FN7O12/c1-15-43-54(10,68)48(64)36(7)61(12)29-31(2)24-53(9,67)49(34(5)46(35(6)51(66)73-43)42-26-52(8,70-14)25-33(4)71-42)74-45-23-40(22-32(3)72-45)60(11)21-20-39-30-62(59-58-39)41(27-55)47(69-13)37-16-18-38(19-17-37)50(65)57-28-44(56)63/h16-19,30-36,40-49,63-64,67-68H,15,20-29,56H2,1-14H3,(H,57,65)/t31-,32-,33+,34+,35-,36-,40+,41-,42?,43-,44?,45+,46+,47-,48-,49?,52+,53-,54-/m1/s1. The number of rotatable bonds is 17. The van der Waals surface area contributed by atoms with Gasteiger partial charge in [-0.1, -0.05) is 45.0 Å². The second-order valence-corrected chi connectivity index (χ2v) is 22.9. The summed E-state index contributed by atoms with van der Waals surface area (Å²) < 4.78 is 55.0. The zero-order valence-electron chi connectivity index (χ0n) is 46.6. The molecule has 5 rings (SSSR count). The van der Waals surface area contributed by atoms with Crippen LogP contribution in [0.1, 0.15) is 142 Å². The van der Waals surface area contributed by atoms with Crippen molar-refractivity contribution in [2.75, 3.05) is 54.6 Å². The number of aromatic nitrogens is 3. The minimum atomic E-state index is -1.77. The van der Waals surface area contributed by atoms with Gasteiger partial charge in [-0.15, -0.1) is 5.10 Å². The van der Waals surface area contributed by atoms with E-state index in [0.29, 0.717) is 68.4 Å². The van der Waals surface area contributed by atoms with Crippen molar-refractivity contribution in [1.82, 2.24) is 30.1 Å². The SMILES string of the molecule is CC[C@H]1OC(=O)[C@H](C)[C@@H](C2C[C@@](C)(OC)C[C@H](C)O2)[C@H](C)C(O[C@H]2C[C@@H](N(C)CCc3cn([C@H](CF)[C@H](OC)c4ccc(C(=O)NCC(N)O)cc4)nn3)C[C@@H](C)O2)[C@](C)(O)C[C@@H](C)CN(C)[C@H](C)[C@@H](O)[C@]1(C)O. The lowest BCUT2D eigenvalue weighted by molar-refractivity contribution is -0.271. The van der Waals surface area contributed by atoms with Crippen LogP contribution in [0.2, 0.25) is 0 Å². The van der Waals surface area contributed by atoms with Gasteiger partial charge in [-0.2, -0.15) is 0 Å². The van der Waals surface area contributed by atoms with Crippen LogP contribution in [0.4, 0.5) is 4.39 Å². The molecule has 3 unspecified atom stereocenters. The third-order valence-corrected chi connectivity index (χ3v) is 16.4. The predicted molar refractivity (Wildman–Crippen MR) is 276 cm³/mol. The normalized spacial score (nSPS) is 37.6. The number of cyclic esters (lactones) is 1. The highest BCUT2D eigenvalue weighted by Gasteiger charge is 2.53. The van der Waals surface area contributed by atoms with Gasteiger partial charge in [0.2, 0.25) is 0 Å². The smallest absolute Gasteiger partial charge is 0.309 e. The second-order valence-electron chi connectivity index (χ2n) is 22.9. The van der Waals surface area contributed by atoms with Crippen molar-refractivity contribution in [2.45, 2.75) is 204 Å². The highest BCUT2D eigenvalue weighted by molar-refractivity contribution is 5.94. The number of ether oxygens (including phenoxy) is 6. The largest absolute Gasteiger partial charge is 0.459 e. The molecule has 3 aliphatic heterocycles. The number of alkyl halides is 1. The first kappa shape index (κ1) is 61.6. The van der Waals surface area contributed by atoms with E-state index in [1.807, 2.05) is 67.5 Å². The van der Waals surface area contributed by atoms with E-state index in [0.717, 1.165) is 0 Å². The maximum absolute atomic E-state index is 14.9. The number of aliphatic hydroxyl groups excluding tert-OH is 2. The lowest BCUT2D eigenvalue weighted by Crippen LogP contribution is -2.59. The van der Waals surface area contributed by atoms with Gasteiger partial charge in [-0.3, -0.25) is 9.59 Å². The maximum Gasteiger partial charge on any atom is 0.309 e. The van der Waals surface area contributed by atoms with Crippen LogP contribution in [0.25, 0.3) is 0 Å². The number of aliphatic hydroxyl groups is 4. The first-order valence-corrected chi connectivity index (χ1v) is 26.7. The number of esters is 1. The molecule has 0 radical (unpaired) electrons. The third kappa shape index (κ3) is 15.3. The maximum atomic E-state index is 14.9. The number of hydrogen-bond acceptors (Lipinski definition) is 17. The molecule has 3 fully saturated rings. The lowest BCUT2D eigenvalue weighted by Gasteiger charge is -2.50. The van der Waals surface area contributed by atoms with E-state index in [1.54, 1.807) is 44.5 Å². The number of carbonyl (C=O) groups excluding carboxylic acids is 2. The Labute approximate surface area is 439 Å². The Morgan fingerprint density at radius 2 is 1.70 bits per heavy atom. The fourth-order valence-electron chi connectivity index (χ4n) is 12.2. The zero-order valence-corrected chi connectivity index (χ0v) is 46.6. The van der Waals surface area contributed by atoms with E-state index in [1.165, 1.54) is 18.7 Å². The number of methoxy groups -OCH3 is 2. The summed E-state index contributed by atoms with van der Waals surface area (Å²) in [6.07, 6.45) is -1.63. The number of likely N-dealkylation sites (N-methyl/N-ethyl adjacent to an activating group) is 2. The highest BCUT2D eigenvalue weighted by Crippen LogP contribution is 2.45. The topological polar surface area (TPSA) is 246 Å². The van der Waals surface area contributed by atoms with Crippen molar-refractivity contribution < 1.29 is 62.8 Å². The number of nitrogens with one attached hydrogen (secondary N) is 1. The van der Waals surface area contributed by atoms with Crippen LogP contribution in [0.5, 0.6) is 0 Å². The summed E-state index contributed by atoms with van der Waals surface area (Å²) in [6.45, 7) is 19.1. The van der Waals surface area contributed by atoms with Crippen molar-refractivity contribution in [3.8, 4) is 0 Å². The number of carbonyl (C=O) groups is 2. The van der Waals surface area contributed by atoms with Crippen molar-refractivity contribution in [1.29, 1.82) is 0 Å². The van der Waals surface area contributed by atoms with Gasteiger partial charge >= 0.3 is 5.97 Å². The van der Waals surface area contributed by atoms with Crippen LogP contribution in [-0.2, 0) is 39.6 Å². The van der Waals surface area contributed by atoms with Crippen LogP contribution >= 0.6 is 0 Å². The lowest BCUT2D eigenvalue weighted by atomic mass is 9.69. The summed E-state index contributed by atoms with van der Waals surface area (Å²) in [5.41, 5.74) is 3.20. The minimum Gasteiger partial charge on any atom is -0.459 e. The summed E-state index contributed by atoms with van der Waals surface area (Å²) in [5.74, 6) is -2.95. The first-order chi connectivity index (χ1) is 34.7. The van der Waals surface area contributed by atoms with Gasteiger partial charge in [0.15, 0.2) is 6.29 Å². The molecule has 422 valence electrons. The summed E-state index contributed by atoms with van der Waals surface area (Å²) >= 11 is 0. The Kier molecular flexibility index (Phi) is 22.0. The average molecular weight is 1050 g/mol.